The van der Waals surface area contributed by atoms with Crippen molar-refractivity contribution in [3.63, 3.8) is 0 Å². The van der Waals surface area contributed by atoms with E-state index >= 15 is 8.78 Å². The first-order chi connectivity index (χ1) is 22.6. The summed E-state index contributed by atoms with van der Waals surface area (Å²) in [6.45, 7) is 3.37. The second-order valence-electron chi connectivity index (χ2n) is 12.5. The molecule has 3 saturated heterocycles. The first-order valence-corrected chi connectivity index (χ1v) is 15.5. The molecule has 0 unspecified atom stereocenters. The maximum atomic E-state index is 16.7. The van der Waals surface area contributed by atoms with Gasteiger partial charge in [0.25, 0.3) is 0 Å². The van der Waals surface area contributed by atoms with Crippen molar-refractivity contribution in [1.82, 2.24) is 24.8 Å². The Bertz CT molecular complexity index is 1960. The fraction of sp³-hybridized carbons (Fsp3) is 0.424. The van der Waals surface area contributed by atoms with Crippen LogP contribution in [0.4, 0.5) is 23.4 Å². The molecule has 1 N–H and O–H groups in total. The molecule has 10 nitrogen and oxygen atoms in total. The Morgan fingerprint density at radius 2 is 1.98 bits per heavy atom. The van der Waals surface area contributed by atoms with Gasteiger partial charge in [0.15, 0.2) is 17.5 Å². The Balaban J connectivity index is 1.36. The van der Waals surface area contributed by atoms with E-state index in [0.717, 1.165) is 31.5 Å². The van der Waals surface area contributed by atoms with Gasteiger partial charge in [0.05, 0.1) is 29.5 Å². The van der Waals surface area contributed by atoms with E-state index in [0.29, 0.717) is 19.5 Å². The van der Waals surface area contributed by atoms with E-state index in [4.69, 9.17) is 4.74 Å². The molecule has 2 aromatic carbocycles. The topological polar surface area (TPSA) is 119 Å². The number of aromatic hydroxyl groups is 1. The molecule has 3 fully saturated rings. The highest BCUT2D eigenvalue weighted by Gasteiger charge is 2.49. The minimum Gasteiger partial charge on any atom is -0.508 e. The number of piperazine rings is 1. The van der Waals surface area contributed by atoms with E-state index in [9.17, 15) is 23.9 Å². The molecule has 14 heteroatoms. The average Bonchev–Trinajstić information content (AvgIpc) is 3.57. The first-order valence-electron chi connectivity index (χ1n) is 15.5. The van der Waals surface area contributed by atoms with E-state index in [1.807, 2.05) is 4.90 Å². The Morgan fingerprint density at radius 1 is 1.15 bits per heavy atom. The van der Waals surface area contributed by atoms with Gasteiger partial charge in [-0.1, -0.05) is 6.07 Å². The molecule has 0 aliphatic carbocycles. The summed E-state index contributed by atoms with van der Waals surface area (Å²) in [5.74, 6) is -3.58. The van der Waals surface area contributed by atoms with Crippen molar-refractivity contribution >= 4 is 33.4 Å². The Morgan fingerprint density at radius 3 is 2.77 bits per heavy atom. The van der Waals surface area contributed by atoms with Gasteiger partial charge in [0.2, 0.25) is 5.91 Å². The van der Waals surface area contributed by atoms with Gasteiger partial charge in [-0.3, -0.25) is 14.7 Å². The van der Waals surface area contributed by atoms with Crippen molar-refractivity contribution in [3.05, 3.63) is 47.9 Å². The SMILES string of the molecule is CC(=O)N1CCN(c2nc(OC[C@@]34CCCN3C[C@H](F)C4)nc3c(F)c(-c4cc(O)cc5ccc(F)c(F)c45)ncc23)C[C@@H]1CC#N. The quantitative estimate of drug-likeness (QED) is 0.292. The van der Waals surface area contributed by atoms with E-state index in [1.54, 1.807) is 4.90 Å². The highest BCUT2D eigenvalue weighted by atomic mass is 19.2. The fourth-order valence-corrected chi connectivity index (χ4v) is 7.47. The number of phenols is 1. The Labute approximate surface area is 267 Å². The van der Waals surface area contributed by atoms with E-state index < -0.39 is 35.2 Å². The summed E-state index contributed by atoms with van der Waals surface area (Å²) in [7, 11) is 0. The molecule has 4 aromatic rings. The summed E-state index contributed by atoms with van der Waals surface area (Å²) < 4.78 is 66.7. The van der Waals surface area contributed by atoms with Crippen LogP contribution in [0.25, 0.3) is 32.9 Å². The number of carbonyl (C=O) groups excluding carboxylic acids is 1. The summed E-state index contributed by atoms with van der Waals surface area (Å²) in [5.41, 5.74) is -1.31. The highest BCUT2D eigenvalue weighted by molar-refractivity contribution is 6.00. The number of pyridine rings is 1. The third-order valence-electron chi connectivity index (χ3n) is 9.64. The van der Waals surface area contributed by atoms with Crippen molar-refractivity contribution in [2.45, 2.75) is 50.4 Å². The van der Waals surface area contributed by atoms with E-state index in [1.165, 1.54) is 25.3 Å². The molecule has 0 saturated carbocycles. The van der Waals surface area contributed by atoms with Gasteiger partial charge < -0.3 is 19.6 Å². The number of nitriles is 1. The molecule has 0 bridgehead atoms. The van der Waals surface area contributed by atoms with Crippen LogP contribution in [0.15, 0.2) is 30.5 Å². The van der Waals surface area contributed by atoms with Crippen LogP contribution in [0.5, 0.6) is 11.8 Å². The summed E-state index contributed by atoms with van der Waals surface area (Å²) >= 11 is 0. The maximum absolute atomic E-state index is 16.7. The van der Waals surface area contributed by atoms with Crippen molar-refractivity contribution in [2.75, 3.05) is 44.2 Å². The highest BCUT2D eigenvalue weighted by Crippen LogP contribution is 2.41. The third kappa shape index (κ3) is 5.32. The van der Waals surface area contributed by atoms with Crippen LogP contribution in [0.1, 0.15) is 32.6 Å². The van der Waals surface area contributed by atoms with Gasteiger partial charge in [-0.05, 0) is 43.0 Å². The Kier molecular flexibility index (Phi) is 7.74. The number of amides is 1. The number of hydrogen-bond donors (Lipinski definition) is 1. The molecule has 1 amide bonds. The lowest BCUT2D eigenvalue weighted by Gasteiger charge is -2.41. The zero-order valence-corrected chi connectivity index (χ0v) is 25.5. The monoisotopic (exact) mass is 649 g/mol. The van der Waals surface area contributed by atoms with Crippen molar-refractivity contribution in [2.24, 2.45) is 0 Å². The van der Waals surface area contributed by atoms with Gasteiger partial charge in [-0.2, -0.15) is 15.2 Å². The maximum Gasteiger partial charge on any atom is 0.319 e. The fourth-order valence-electron chi connectivity index (χ4n) is 7.47. The lowest BCUT2D eigenvalue weighted by atomic mass is 9.95. The standard InChI is InChI=1S/C33H31F4N7O3/c1-18(45)44-10-9-42(16-21(44)5-7-38)31-24-14-39-29(23-12-22(46)11-19-3-4-25(35)27(36)26(19)23)28(37)30(24)40-32(41-31)47-17-33-6-2-8-43(33)15-20(34)13-33/h3-4,11-12,14,20-21,46H,2,5-6,8-10,13,15-17H2,1H3/t20-,21+,33+/m1/s1. The number of nitrogens with zero attached hydrogens (tertiary/aromatic N) is 7. The zero-order valence-electron chi connectivity index (χ0n) is 25.5. The number of phenolic OH excluding ortho intramolecular Hbond substituents is 1. The van der Waals surface area contributed by atoms with Crippen LogP contribution in [0.3, 0.4) is 0 Å². The molecule has 244 valence electrons. The van der Waals surface area contributed by atoms with Crippen LogP contribution in [-0.2, 0) is 4.79 Å². The number of ether oxygens (including phenoxy) is 1. The number of aromatic nitrogens is 3. The number of alkyl halides is 1. The lowest BCUT2D eigenvalue weighted by Crippen LogP contribution is -2.55. The zero-order chi connectivity index (χ0) is 33.0. The number of anilines is 1. The minimum atomic E-state index is -1.22. The van der Waals surface area contributed by atoms with Crippen LogP contribution < -0.4 is 9.64 Å². The second kappa shape index (κ2) is 11.8. The molecule has 3 aliphatic heterocycles. The van der Waals surface area contributed by atoms with Crippen LogP contribution in [0.2, 0.25) is 0 Å². The molecular weight excluding hydrogens is 618 g/mol. The van der Waals surface area contributed by atoms with Gasteiger partial charge >= 0.3 is 6.01 Å². The molecule has 7 rings (SSSR count). The van der Waals surface area contributed by atoms with Crippen LogP contribution in [-0.4, -0.2) is 92.8 Å². The summed E-state index contributed by atoms with van der Waals surface area (Å²) in [6, 6.07) is 6.03. The number of rotatable bonds is 6. The van der Waals surface area contributed by atoms with Crippen LogP contribution >= 0.6 is 0 Å². The predicted octanol–water partition coefficient (Wildman–Crippen LogP) is 4.87. The normalized spacial score (nSPS) is 23.0. The van der Waals surface area contributed by atoms with Gasteiger partial charge in [0.1, 0.15) is 35.6 Å². The summed E-state index contributed by atoms with van der Waals surface area (Å²) in [4.78, 5) is 31.1. The summed E-state index contributed by atoms with van der Waals surface area (Å²) in [6.07, 6.45) is 2.30. The summed E-state index contributed by atoms with van der Waals surface area (Å²) in [5, 5.41) is 19.9. The average molecular weight is 650 g/mol. The molecule has 0 spiro atoms. The first kappa shape index (κ1) is 30.9. The second-order valence-corrected chi connectivity index (χ2v) is 12.5. The van der Waals surface area contributed by atoms with Crippen molar-refractivity contribution in [1.29, 1.82) is 5.26 Å². The van der Waals surface area contributed by atoms with Crippen molar-refractivity contribution < 1.29 is 32.2 Å². The molecule has 47 heavy (non-hydrogen) atoms. The van der Waals surface area contributed by atoms with E-state index in [2.05, 4.69) is 25.9 Å². The molecular formula is C33H31F4N7O3. The number of hydrogen-bond acceptors (Lipinski definition) is 9. The number of fused-ring (bicyclic) bond motifs is 3. The minimum absolute atomic E-state index is 0.0641. The molecule has 5 heterocycles. The van der Waals surface area contributed by atoms with Crippen molar-refractivity contribution in [3.8, 4) is 29.1 Å². The molecule has 3 aliphatic rings. The Hall–Kier alpha value is -4.77. The van der Waals surface area contributed by atoms with Gasteiger partial charge in [-0.25, -0.2) is 17.6 Å². The van der Waals surface area contributed by atoms with Crippen LogP contribution in [0, 0.1) is 28.8 Å². The number of carbonyl (C=O) groups is 1. The number of halogens is 4. The lowest BCUT2D eigenvalue weighted by molar-refractivity contribution is -0.131. The number of benzene rings is 2. The third-order valence-corrected chi connectivity index (χ3v) is 9.64. The molecule has 3 atom stereocenters. The molecule has 2 aromatic heterocycles. The largest absolute Gasteiger partial charge is 0.508 e. The molecule has 0 radical (unpaired) electrons. The van der Waals surface area contributed by atoms with Gasteiger partial charge in [-0.15, -0.1) is 0 Å². The van der Waals surface area contributed by atoms with E-state index in [-0.39, 0.29) is 82.5 Å². The smallest absolute Gasteiger partial charge is 0.319 e. The van der Waals surface area contributed by atoms with Gasteiger partial charge in [0, 0.05) is 56.7 Å². The predicted molar refractivity (Wildman–Crippen MR) is 164 cm³/mol.